The van der Waals surface area contributed by atoms with Gasteiger partial charge in [0.25, 0.3) is 0 Å². The van der Waals surface area contributed by atoms with E-state index in [-0.39, 0.29) is 6.10 Å². The third-order valence-electron chi connectivity index (χ3n) is 3.51. The van der Waals surface area contributed by atoms with Crippen LogP contribution in [0.3, 0.4) is 0 Å². The summed E-state index contributed by atoms with van der Waals surface area (Å²) in [4.78, 5) is 2.06. The second kappa shape index (κ2) is 4.29. The Morgan fingerprint density at radius 1 is 1.18 bits per heavy atom. The molecule has 2 heterocycles. The molecule has 0 amide bonds. The summed E-state index contributed by atoms with van der Waals surface area (Å²) in [7, 11) is 0. The molecule has 0 saturated carbocycles. The molecular formula is C13H17NO3. The first-order valence-corrected chi connectivity index (χ1v) is 6.05. The second-order valence-electron chi connectivity index (χ2n) is 4.90. The summed E-state index contributed by atoms with van der Waals surface area (Å²) in [6, 6.07) is 8.07. The molecule has 1 aromatic rings. The third-order valence-corrected chi connectivity index (χ3v) is 3.51. The van der Waals surface area contributed by atoms with Crippen LogP contribution in [0.15, 0.2) is 24.3 Å². The number of β-amino-alcohol motifs (C(OH)–C–C–N with tert-alkyl or cyclic N) is 2. The molecule has 1 aromatic carbocycles. The van der Waals surface area contributed by atoms with Gasteiger partial charge >= 0.3 is 0 Å². The van der Waals surface area contributed by atoms with Crippen molar-refractivity contribution < 1.29 is 14.9 Å². The Hall–Kier alpha value is -1.10. The van der Waals surface area contributed by atoms with Gasteiger partial charge in [0.2, 0.25) is 0 Å². The lowest BCUT2D eigenvalue weighted by atomic mass is 10.1. The highest BCUT2D eigenvalue weighted by molar-refractivity contribution is 5.37. The van der Waals surface area contributed by atoms with Gasteiger partial charge in [-0.2, -0.15) is 0 Å². The lowest BCUT2D eigenvalue weighted by molar-refractivity contribution is 0.0572. The number of benzene rings is 1. The van der Waals surface area contributed by atoms with E-state index in [2.05, 4.69) is 11.0 Å². The summed E-state index contributed by atoms with van der Waals surface area (Å²) in [5, 5.41) is 19.0. The van der Waals surface area contributed by atoms with Crippen LogP contribution >= 0.6 is 0 Å². The van der Waals surface area contributed by atoms with Crippen LogP contribution in [-0.4, -0.2) is 53.1 Å². The number of likely N-dealkylation sites (tertiary alicyclic amines) is 1. The number of hydrogen-bond donors (Lipinski definition) is 2. The van der Waals surface area contributed by atoms with Crippen LogP contribution in [-0.2, 0) is 6.42 Å². The van der Waals surface area contributed by atoms with E-state index in [1.165, 1.54) is 5.56 Å². The van der Waals surface area contributed by atoms with Crippen LogP contribution in [0.5, 0.6) is 5.75 Å². The molecule has 3 unspecified atom stereocenters. The fraction of sp³-hybridized carbons (Fsp3) is 0.538. The fourth-order valence-electron chi connectivity index (χ4n) is 2.64. The molecule has 92 valence electrons. The van der Waals surface area contributed by atoms with Crippen LogP contribution in [0, 0.1) is 0 Å². The number of rotatable bonds is 2. The molecule has 2 aliphatic heterocycles. The summed E-state index contributed by atoms with van der Waals surface area (Å²) < 4.78 is 5.83. The van der Waals surface area contributed by atoms with Crippen molar-refractivity contribution in [2.45, 2.75) is 24.7 Å². The molecule has 3 atom stereocenters. The molecule has 2 N–H and O–H groups in total. The summed E-state index contributed by atoms with van der Waals surface area (Å²) in [5.41, 5.74) is 1.25. The van der Waals surface area contributed by atoms with Gasteiger partial charge in [-0.1, -0.05) is 18.2 Å². The summed E-state index contributed by atoms with van der Waals surface area (Å²) in [5.74, 6) is 0.970. The van der Waals surface area contributed by atoms with Gasteiger partial charge in [-0.05, 0) is 11.6 Å². The molecule has 4 nitrogen and oxygen atoms in total. The minimum Gasteiger partial charge on any atom is -0.488 e. The van der Waals surface area contributed by atoms with Gasteiger partial charge in [-0.3, -0.25) is 4.90 Å². The molecule has 4 heteroatoms. The molecule has 3 rings (SSSR count). The molecular weight excluding hydrogens is 218 g/mol. The average Bonchev–Trinajstić information content (AvgIpc) is 2.83. The smallest absolute Gasteiger partial charge is 0.123 e. The third kappa shape index (κ3) is 2.16. The molecule has 0 aromatic heterocycles. The first-order valence-electron chi connectivity index (χ1n) is 6.05. The highest BCUT2D eigenvalue weighted by Gasteiger charge is 2.32. The predicted molar refractivity (Wildman–Crippen MR) is 63.0 cm³/mol. The van der Waals surface area contributed by atoms with Gasteiger partial charge in [-0.15, -0.1) is 0 Å². The Morgan fingerprint density at radius 3 is 2.59 bits per heavy atom. The Bertz CT molecular complexity index is 374. The Kier molecular flexibility index (Phi) is 2.78. The monoisotopic (exact) mass is 235 g/mol. The molecule has 0 spiro atoms. The number of aliphatic hydroxyl groups is 2. The molecule has 1 saturated heterocycles. The number of hydrogen-bond acceptors (Lipinski definition) is 4. The highest BCUT2D eigenvalue weighted by Crippen LogP contribution is 2.28. The molecule has 1 fully saturated rings. The van der Waals surface area contributed by atoms with Crippen molar-refractivity contribution in [1.82, 2.24) is 4.90 Å². The standard InChI is InChI=1S/C13H17NO3/c15-11-7-14(8-12(11)16)6-10-5-9-3-1-2-4-13(9)17-10/h1-4,10-12,15-16H,5-8H2. The van der Waals surface area contributed by atoms with Gasteiger partial charge in [0.05, 0.1) is 12.2 Å². The molecule has 2 aliphatic rings. The minimum atomic E-state index is -0.612. The lowest BCUT2D eigenvalue weighted by Gasteiger charge is -2.19. The predicted octanol–water partition coefficient (Wildman–Crippen LogP) is 0.0275. The minimum absolute atomic E-state index is 0.143. The molecule has 0 radical (unpaired) electrons. The van der Waals surface area contributed by atoms with Crippen molar-refractivity contribution in [2.24, 2.45) is 0 Å². The molecule has 17 heavy (non-hydrogen) atoms. The van der Waals surface area contributed by atoms with E-state index in [0.29, 0.717) is 13.1 Å². The summed E-state index contributed by atoms with van der Waals surface area (Å²) >= 11 is 0. The summed E-state index contributed by atoms with van der Waals surface area (Å²) in [6.45, 7) is 1.84. The van der Waals surface area contributed by atoms with Crippen LogP contribution in [0.4, 0.5) is 0 Å². The Labute approximate surface area is 100 Å². The maximum Gasteiger partial charge on any atom is 0.123 e. The van der Waals surface area contributed by atoms with E-state index < -0.39 is 12.2 Å². The maximum absolute atomic E-state index is 9.48. The first-order chi connectivity index (χ1) is 8.22. The maximum atomic E-state index is 9.48. The van der Waals surface area contributed by atoms with E-state index in [1.54, 1.807) is 0 Å². The zero-order valence-corrected chi connectivity index (χ0v) is 9.62. The second-order valence-corrected chi connectivity index (χ2v) is 4.90. The van der Waals surface area contributed by atoms with E-state index in [0.717, 1.165) is 18.7 Å². The Morgan fingerprint density at radius 2 is 1.88 bits per heavy atom. The fourth-order valence-corrected chi connectivity index (χ4v) is 2.64. The van der Waals surface area contributed by atoms with E-state index in [1.807, 2.05) is 18.2 Å². The van der Waals surface area contributed by atoms with Crippen LogP contribution in [0.25, 0.3) is 0 Å². The van der Waals surface area contributed by atoms with Crippen molar-refractivity contribution >= 4 is 0 Å². The van der Waals surface area contributed by atoms with Crippen molar-refractivity contribution in [3.63, 3.8) is 0 Å². The van der Waals surface area contributed by atoms with E-state index in [9.17, 15) is 10.2 Å². The number of para-hydroxylation sites is 1. The Balaban J connectivity index is 1.59. The van der Waals surface area contributed by atoms with Crippen molar-refractivity contribution in [1.29, 1.82) is 0 Å². The van der Waals surface area contributed by atoms with Gasteiger partial charge < -0.3 is 14.9 Å². The average molecular weight is 235 g/mol. The van der Waals surface area contributed by atoms with Crippen molar-refractivity contribution in [2.75, 3.05) is 19.6 Å². The SMILES string of the molecule is OC1CN(CC2Cc3ccccc3O2)CC1O. The lowest BCUT2D eigenvalue weighted by Crippen LogP contribution is -2.34. The van der Waals surface area contributed by atoms with Gasteiger partial charge in [0.1, 0.15) is 11.9 Å². The van der Waals surface area contributed by atoms with Crippen LogP contribution < -0.4 is 4.74 Å². The zero-order chi connectivity index (χ0) is 11.8. The largest absolute Gasteiger partial charge is 0.488 e. The number of nitrogens with zero attached hydrogens (tertiary/aromatic N) is 1. The van der Waals surface area contributed by atoms with Gasteiger partial charge in [0.15, 0.2) is 0 Å². The molecule has 0 aliphatic carbocycles. The zero-order valence-electron chi connectivity index (χ0n) is 9.62. The van der Waals surface area contributed by atoms with Gasteiger partial charge in [-0.25, -0.2) is 0 Å². The number of fused-ring (bicyclic) bond motifs is 1. The van der Waals surface area contributed by atoms with Crippen molar-refractivity contribution in [3.8, 4) is 5.75 Å². The van der Waals surface area contributed by atoms with E-state index in [4.69, 9.17) is 4.74 Å². The van der Waals surface area contributed by atoms with Crippen LogP contribution in [0.2, 0.25) is 0 Å². The summed E-state index contributed by atoms with van der Waals surface area (Å²) in [6.07, 6.45) is -0.166. The normalized spacial score (nSPS) is 32.5. The van der Waals surface area contributed by atoms with Gasteiger partial charge in [0, 0.05) is 26.1 Å². The molecule has 0 bridgehead atoms. The van der Waals surface area contributed by atoms with E-state index >= 15 is 0 Å². The quantitative estimate of drug-likeness (QED) is 0.759. The van der Waals surface area contributed by atoms with Crippen molar-refractivity contribution in [3.05, 3.63) is 29.8 Å². The highest BCUT2D eigenvalue weighted by atomic mass is 16.5. The first kappa shape index (κ1) is 11.0. The number of aliphatic hydroxyl groups excluding tert-OH is 2. The van der Waals surface area contributed by atoms with Crippen LogP contribution in [0.1, 0.15) is 5.56 Å². The topological polar surface area (TPSA) is 52.9 Å². The number of ether oxygens (including phenoxy) is 1.